The highest BCUT2D eigenvalue weighted by atomic mass is 16.5. The largest absolute Gasteiger partial charge is 0.382 e. The lowest BCUT2D eigenvalue weighted by Crippen LogP contribution is -2.45. The first-order valence-electron chi connectivity index (χ1n) is 7.30. The van der Waals surface area contributed by atoms with Gasteiger partial charge in [-0.25, -0.2) is 0 Å². The van der Waals surface area contributed by atoms with Crippen LogP contribution in [0.3, 0.4) is 0 Å². The van der Waals surface area contributed by atoms with E-state index >= 15 is 0 Å². The average molecular weight is 262 g/mol. The van der Waals surface area contributed by atoms with Crippen LogP contribution in [-0.4, -0.2) is 37.7 Å². The molecule has 2 rings (SSSR count). The number of nitrogens with one attached hydrogen (secondary N) is 1. The average Bonchev–Trinajstić information content (AvgIpc) is 2.43. The number of nitrogens with zero attached hydrogens (tertiary/aromatic N) is 1. The molecule has 0 saturated carbocycles. The Labute approximate surface area is 116 Å². The van der Waals surface area contributed by atoms with E-state index in [2.05, 4.69) is 48.3 Å². The second-order valence-corrected chi connectivity index (χ2v) is 5.50. The number of methoxy groups -OCH3 is 1. The molecule has 1 fully saturated rings. The lowest BCUT2D eigenvalue weighted by atomic mass is 9.93. The molecule has 0 unspecified atom stereocenters. The Bertz CT molecular complexity index is 394. The predicted octanol–water partition coefficient (Wildman–Crippen LogP) is 2.98. The number of rotatable bonds is 5. The van der Waals surface area contributed by atoms with Gasteiger partial charge in [-0.2, -0.15) is 0 Å². The zero-order valence-electron chi connectivity index (χ0n) is 12.4. The molecule has 106 valence electrons. The van der Waals surface area contributed by atoms with Gasteiger partial charge in [0.05, 0.1) is 6.61 Å². The predicted molar refractivity (Wildman–Crippen MR) is 80.5 cm³/mol. The Balaban J connectivity index is 2.01. The molecule has 1 saturated heterocycles. The monoisotopic (exact) mass is 262 g/mol. The summed E-state index contributed by atoms with van der Waals surface area (Å²) < 4.78 is 5.27. The van der Waals surface area contributed by atoms with Crippen LogP contribution in [0.5, 0.6) is 0 Å². The molecule has 0 radical (unpaired) electrons. The Hall–Kier alpha value is -1.06. The summed E-state index contributed by atoms with van der Waals surface area (Å²) in [6, 6.07) is 9.03. The topological polar surface area (TPSA) is 24.5 Å². The van der Waals surface area contributed by atoms with Gasteiger partial charge in [0.15, 0.2) is 0 Å². The summed E-state index contributed by atoms with van der Waals surface area (Å²) >= 11 is 0. The molecule has 0 spiro atoms. The van der Waals surface area contributed by atoms with Crippen LogP contribution in [0.1, 0.15) is 25.8 Å². The van der Waals surface area contributed by atoms with Gasteiger partial charge in [0.1, 0.15) is 0 Å². The number of para-hydroxylation sites is 1. The minimum atomic E-state index is 0.570. The first-order valence-corrected chi connectivity index (χ1v) is 7.30. The van der Waals surface area contributed by atoms with Gasteiger partial charge in [0.25, 0.3) is 0 Å². The van der Waals surface area contributed by atoms with E-state index in [0.29, 0.717) is 18.6 Å². The third kappa shape index (κ3) is 3.71. The van der Waals surface area contributed by atoms with Crippen molar-refractivity contribution in [3.05, 3.63) is 29.8 Å². The van der Waals surface area contributed by atoms with Crippen molar-refractivity contribution >= 4 is 5.69 Å². The van der Waals surface area contributed by atoms with E-state index < -0.39 is 0 Å². The van der Waals surface area contributed by atoms with E-state index in [1.807, 2.05) is 0 Å². The highest BCUT2D eigenvalue weighted by Gasteiger charge is 2.25. The molecule has 3 nitrogen and oxygen atoms in total. The summed E-state index contributed by atoms with van der Waals surface area (Å²) in [5, 5.41) is 3.72. The molecule has 0 aromatic heterocycles. The lowest BCUT2D eigenvalue weighted by molar-refractivity contribution is 0.178. The molecular formula is C16H26N2O. The van der Waals surface area contributed by atoms with Crippen LogP contribution < -0.4 is 5.32 Å². The molecule has 0 bridgehead atoms. The van der Waals surface area contributed by atoms with Gasteiger partial charge in [-0.3, -0.25) is 0 Å². The normalized spacial score (nSPS) is 24.4. The van der Waals surface area contributed by atoms with E-state index in [1.54, 1.807) is 7.11 Å². The third-order valence-electron chi connectivity index (χ3n) is 4.09. The van der Waals surface area contributed by atoms with Crippen molar-refractivity contribution in [2.75, 3.05) is 32.1 Å². The molecule has 3 heteroatoms. The van der Waals surface area contributed by atoms with Crippen molar-refractivity contribution in [1.29, 1.82) is 0 Å². The summed E-state index contributed by atoms with van der Waals surface area (Å²) in [5.41, 5.74) is 2.47. The van der Waals surface area contributed by atoms with Crippen molar-refractivity contribution < 1.29 is 4.74 Å². The lowest BCUT2D eigenvalue weighted by Gasteiger charge is -2.37. The third-order valence-corrected chi connectivity index (χ3v) is 4.09. The first-order chi connectivity index (χ1) is 9.24. The summed E-state index contributed by atoms with van der Waals surface area (Å²) in [7, 11) is 1.75. The standard InChI is InChI=1S/C16H26N2O/c1-4-18-10-9-15(13(2)11-18)17-16-8-6-5-7-14(16)12-19-3/h5-8,13,15,17H,4,9-12H2,1-3H3/t13-,15+/m0/s1. The molecule has 1 aliphatic heterocycles. The van der Waals surface area contributed by atoms with E-state index in [9.17, 15) is 0 Å². The van der Waals surface area contributed by atoms with E-state index in [-0.39, 0.29) is 0 Å². The molecule has 1 aromatic rings. The minimum Gasteiger partial charge on any atom is -0.382 e. The van der Waals surface area contributed by atoms with Gasteiger partial charge in [-0.05, 0) is 24.9 Å². The first kappa shape index (κ1) is 14.4. The number of hydrogen-bond acceptors (Lipinski definition) is 3. The molecule has 19 heavy (non-hydrogen) atoms. The second kappa shape index (κ2) is 6.92. The zero-order valence-corrected chi connectivity index (χ0v) is 12.4. The Kier molecular flexibility index (Phi) is 5.23. The zero-order chi connectivity index (χ0) is 13.7. The van der Waals surface area contributed by atoms with Crippen molar-refractivity contribution in [1.82, 2.24) is 4.90 Å². The van der Waals surface area contributed by atoms with Crippen molar-refractivity contribution in [3.63, 3.8) is 0 Å². The molecule has 1 aromatic carbocycles. The SMILES string of the molecule is CCN1CC[C@@H](Nc2ccccc2COC)[C@@H](C)C1. The van der Waals surface area contributed by atoms with E-state index in [4.69, 9.17) is 4.74 Å². The van der Waals surface area contributed by atoms with Gasteiger partial charge in [0, 0.05) is 37.5 Å². The van der Waals surface area contributed by atoms with Crippen LogP contribution in [0.25, 0.3) is 0 Å². The maximum atomic E-state index is 5.27. The fourth-order valence-electron chi connectivity index (χ4n) is 2.88. The molecule has 0 amide bonds. The molecule has 0 aliphatic carbocycles. The smallest absolute Gasteiger partial charge is 0.0733 e. The summed E-state index contributed by atoms with van der Waals surface area (Å²) in [6.45, 7) is 8.82. The number of hydrogen-bond donors (Lipinski definition) is 1. The van der Waals surface area contributed by atoms with Crippen molar-refractivity contribution in [3.8, 4) is 0 Å². The van der Waals surface area contributed by atoms with Gasteiger partial charge >= 0.3 is 0 Å². The molecule has 1 N–H and O–H groups in total. The quantitative estimate of drug-likeness (QED) is 0.883. The van der Waals surface area contributed by atoms with Crippen LogP contribution in [0.4, 0.5) is 5.69 Å². The Morgan fingerprint density at radius 1 is 1.37 bits per heavy atom. The number of benzene rings is 1. The highest BCUT2D eigenvalue weighted by Crippen LogP contribution is 2.23. The molecule has 2 atom stereocenters. The highest BCUT2D eigenvalue weighted by molar-refractivity contribution is 5.51. The van der Waals surface area contributed by atoms with Gasteiger partial charge in [-0.1, -0.05) is 32.0 Å². The maximum absolute atomic E-state index is 5.27. The van der Waals surface area contributed by atoms with Crippen molar-refractivity contribution in [2.24, 2.45) is 5.92 Å². The summed E-state index contributed by atoms with van der Waals surface area (Å²) in [6.07, 6.45) is 1.22. The van der Waals surface area contributed by atoms with Crippen molar-refractivity contribution in [2.45, 2.75) is 32.9 Å². The van der Waals surface area contributed by atoms with Crippen LogP contribution >= 0.6 is 0 Å². The Morgan fingerprint density at radius 2 is 2.16 bits per heavy atom. The summed E-state index contributed by atoms with van der Waals surface area (Å²) in [5.74, 6) is 0.685. The number of piperidine rings is 1. The minimum absolute atomic E-state index is 0.570. The fraction of sp³-hybridized carbons (Fsp3) is 0.625. The second-order valence-electron chi connectivity index (χ2n) is 5.50. The number of likely N-dealkylation sites (tertiary alicyclic amines) is 1. The van der Waals surface area contributed by atoms with Gasteiger partial charge in [0.2, 0.25) is 0 Å². The van der Waals surface area contributed by atoms with Crippen LogP contribution in [0, 0.1) is 5.92 Å². The Morgan fingerprint density at radius 3 is 2.84 bits per heavy atom. The van der Waals surface area contributed by atoms with E-state index in [1.165, 1.54) is 30.8 Å². The molecule has 1 heterocycles. The number of anilines is 1. The van der Waals surface area contributed by atoms with E-state index in [0.717, 1.165) is 6.54 Å². The maximum Gasteiger partial charge on any atom is 0.0733 e. The van der Waals surface area contributed by atoms with Crippen LogP contribution in [-0.2, 0) is 11.3 Å². The molecular weight excluding hydrogens is 236 g/mol. The van der Waals surface area contributed by atoms with Crippen LogP contribution in [0.2, 0.25) is 0 Å². The number of ether oxygens (including phenoxy) is 1. The summed E-state index contributed by atoms with van der Waals surface area (Å²) in [4.78, 5) is 2.53. The fourth-order valence-corrected chi connectivity index (χ4v) is 2.88. The van der Waals surface area contributed by atoms with Crippen LogP contribution in [0.15, 0.2) is 24.3 Å². The molecule has 1 aliphatic rings. The van der Waals surface area contributed by atoms with Gasteiger partial charge < -0.3 is 15.0 Å². The van der Waals surface area contributed by atoms with Gasteiger partial charge in [-0.15, -0.1) is 0 Å².